The van der Waals surface area contributed by atoms with Gasteiger partial charge >= 0.3 is 5.97 Å². The molecule has 1 heterocycles. The predicted octanol–water partition coefficient (Wildman–Crippen LogP) is 2.34. The molecule has 3 nitrogen and oxygen atoms in total. The molecule has 3 rings (SSSR count). The summed E-state index contributed by atoms with van der Waals surface area (Å²) in [5, 5.41) is 0. The van der Waals surface area contributed by atoms with E-state index < -0.39 is 0 Å². The molecule has 0 aromatic carbocycles. The molecule has 18 heavy (non-hydrogen) atoms. The van der Waals surface area contributed by atoms with Crippen molar-refractivity contribution in [3.8, 4) is 0 Å². The van der Waals surface area contributed by atoms with Crippen molar-refractivity contribution in [1.82, 2.24) is 0 Å². The highest BCUT2D eigenvalue weighted by atomic mass is 16.6. The minimum Gasteiger partial charge on any atom is -0.461 e. The highest BCUT2D eigenvalue weighted by Gasteiger charge is 2.43. The zero-order valence-electron chi connectivity index (χ0n) is 10.8. The van der Waals surface area contributed by atoms with Crippen LogP contribution < -0.4 is 0 Å². The third kappa shape index (κ3) is 1.43. The maximum absolute atomic E-state index is 12.0. The van der Waals surface area contributed by atoms with Gasteiger partial charge in [-0.2, -0.15) is 0 Å². The van der Waals surface area contributed by atoms with Crippen LogP contribution in [0.3, 0.4) is 0 Å². The van der Waals surface area contributed by atoms with Crippen molar-refractivity contribution in [2.24, 2.45) is 11.8 Å². The fourth-order valence-corrected chi connectivity index (χ4v) is 3.17. The Morgan fingerprint density at radius 3 is 2.72 bits per heavy atom. The fraction of sp³-hybridized carbons (Fsp3) is 0.467. The van der Waals surface area contributed by atoms with Gasteiger partial charge in [-0.05, 0) is 31.1 Å². The molecule has 0 unspecified atom stereocenters. The first-order valence-corrected chi connectivity index (χ1v) is 6.34. The number of rotatable bonds is 0. The van der Waals surface area contributed by atoms with Gasteiger partial charge in [0, 0.05) is 17.9 Å². The summed E-state index contributed by atoms with van der Waals surface area (Å²) < 4.78 is 5.42. The minimum absolute atomic E-state index is 0.0919. The number of esters is 1. The molecule has 1 aliphatic heterocycles. The van der Waals surface area contributed by atoms with Gasteiger partial charge in [0.05, 0.1) is 5.92 Å². The van der Waals surface area contributed by atoms with Crippen molar-refractivity contribution < 1.29 is 14.3 Å². The van der Waals surface area contributed by atoms with E-state index in [0.717, 1.165) is 22.3 Å². The van der Waals surface area contributed by atoms with Crippen LogP contribution in [0, 0.1) is 11.8 Å². The van der Waals surface area contributed by atoms with Crippen molar-refractivity contribution in [2.45, 2.75) is 33.3 Å². The number of carbonyl (C=O) groups is 2. The lowest BCUT2D eigenvalue weighted by Gasteiger charge is -2.14. The van der Waals surface area contributed by atoms with Crippen LogP contribution in [0.2, 0.25) is 0 Å². The number of fused-ring (bicyclic) bond motifs is 2. The lowest BCUT2D eigenvalue weighted by atomic mass is 9.89. The zero-order valence-corrected chi connectivity index (χ0v) is 10.8. The first-order chi connectivity index (χ1) is 8.49. The normalized spacial score (nSPS) is 34.7. The monoisotopic (exact) mass is 244 g/mol. The van der Waals surface area contributed by atoms with Crippen LogP contribution in [0.5, 0.6) is 0 Å². The van der Waals surface area contributed by atoms with E-state index >= 15 is 0 Å². The van der Waals surface area contributed by atoms with Crippen molar-refractivity contribution in [3.05, 3.63) is 34.4 Å². The van der Waals surface area contributed by atoms with E-state index in [9.17, 15) is 9.59 Å². The SMILES string of the molecule is CC1=CC(=O)C2=C(C)C[C@H]3OC(=O)[C@@H](C)[C@H]3C=C12. The first-order valence-electron chi connectivity index (χ1n) is 6.34. The maximum atomic E-state index is 12.0. The molecule has 0 bridgehead atoms. The number of hydrogen-bond acceptors (Lipinski definition) is 3. The molecule has 0 saturated carbocycles. The van der Waals surface area contributed by atoms with Crippen molar-refractivity contribution >= 4 is 11.8 Å². The van der Waals surface area contributed by atoms with Gasteiger partial charge in [-0.15, -0.1) is 0 Å². The lowest BCUT2D eigenvalue weighted by molar-refractivity contribution is -0.143. The van der Waals surface area contributed by atoms with Crippen LogP contribution >= 0.6 is 0 Å². The van der Waals surface area contributed by atoms with Gasteiger partial charge in [-0.3, -0.25) is 9.59 Å². The average Bonchev–Trinajstić information content (AvgIpc) is 2.65. The molecule has 3 atom stereocenters. The molecule has 0 aromatic rings. The summed E-state index contributed by atoms with van der Waals surface area (Å²) >= 11 is 0. The number of allylic oxidation sites excluding steroid dienone is 4. The van der Waals surface area contributed by atoms with E-state index in [1.165, 1.54) is 0 Å². The molecule has 3 aliphatic rings. The van der Waals surface area contributed by atoms with Crippen molar-refractivity contribution in [2.75, 3.05) is 0 Å². The van der Waals surface area contributed by atoms with Gasteiger partial charge in [-0.25, -0.2) is 0 Å². The van der Waals surface area contributed by atoms with E-state index in [-0.39, 0.29) is 29.7 Å². The molecule has 1 saturated heterocycles. The summed E-state index contributed by atoms with van der Waals surface area (Å²) in [6.45, 7) is 5.82. The topological polar surface area (TPSA) is 43.4 Å². The Bertz CT molecular complexity index is 548. The van der Waals surface area contributed by atoms with Crippen LogP contribution in [-0.2, 0) is 14.3 Å². The summed E-state index contributed by atoms with van der Waals surface area (Å²) in [5.41, 5.74) is 3.87. The lowest BCUT2D eigenvalue weighted by Crippen LogP contribution is -2.17. The molecule has 0 spiro atoms. The van der Waals surface area contributed by atoms with E-state index in [1.807, 2.05) is 20.8 Å². The van der Waals surface area contributed by atoms with Crippen molar-refractivity contribution in [3.63, 3.8) is 0 Å². The van der Waals surface area contributed by atoms with Gasteiger partial charge in [0.25, 0.3) is 0 Å². The zero-order chi connectivity index (χ0) is 13.0. The highest BCUT2D eigenvalue weighted by molar-refractivity contribution is 6.13. The van der Waals surface area contributed by atoms with E-state index in [1.54, 1.807) is 6.08 Å². The van der Waals surface area contributed by atoms with Crippen LogP contribution in [0.25, 0.3) is 0 Å². The Kier molecular flexibility index (Phi) is 2.34. The number of ether oxygens (including phenoxy) is 1. The summed E-state index contributed by atoms with van der Waals surface area (Å²) in [6, 6.07) is 0. The quantitative estimate of drug-likeness (QED) is 0.614. The summed E-state index contributed by atoms with van der Waals surface area (Å²) in [4.78, 5) is 23.6. The second-order valence-corrected chi connectivity index (χ2v) is 5.47. The summed E-state index contributed by atoms with van der Waals surface area (Å²) in [6.07, 6.45) is 4.33. The molecular formula is C15H16O3. The van der Waals surface area contributed by atoms with Gasteiger partial charge < -0.3 is 4.74 Å². The first kappa shape index (κ1) is 11.5. The van der Waals surface area contributed by atoms with Gasteiger partial charge in [0.2, 0.25) is 0 Å². The van der Waals surface area contributed by atoms with E-state index in [4.69, 9.17) is 4.74 Å². The fourth-order valence-electron chi connectivity index (χ4n) is 3.17. The number of ketones is 1. The van der Waals surface area contributed by atoms with Crippen LogP contribution in [0.4, 0.5) is 0 Å². The summed E-state index contributed by atoms with van der Waals surface area (Å²) in [5.74, 6) is -0.0494. The minimum atomic E-state index is -0.121. The molecule has 0 N–H and O–H groups in total. The Balaban J connectivity index is 2.11. The standard InChI is InChI=1S/C15H16O3/c1-7-4-12(16)14-8(2)5-13-11(6-10(7)14)9(3)15(17)18-13/h4,6,9,11,13H,5H2,1-3H3/t9-,11+,13+/m0/s1. The number of hydrogen-bond donors (Lipinski definition) is 0. The highest BCUT2D eigenvalue weighted by Crippen LogP contribution is 2.42. The molecule has 2 aliphatic carbocycles. The number of carbonyl (C=O) groups excluding carboxylic acids is 2. The molecule has 0 amide bonds. The second-order valence-electron chi connectivity index (χ2n) is 5.47. The smallest absolute Gasteiger partial charge is 0.309 e. The average molecular weight is 244 g/mol. The van der Waals surface area contributed by atoms with Gasteiger partial charge in [-0.1, -0.05) is 18.6 Å². The Labute approximate surface area is 106 Å². The second kappa shape index (κ2) is 3.67. The maximum Gasteiger partial charge on any atom is 0.309 e. The third-order valence-corrected chi connectivity index (χ3v) is 4.23. The van der Waals surface area contributed by atoms with Gasteiger partial charge in [0.15, 0.2) is 5.78 Å². The van der Waals surface area contributed by atoms with Gasteiger partial charge in [0.1, 0.15) is 6.10 Å². The van der Waals surface area contributed by atoms with Crippen LogP contribution in [0.1, 0.15) is 27.2 Å². The third-order valence-electron chi connectivity index (χ3n) is 4.23. The molecule has 0 radical (unpaired) electrons. The molecular weight excluding hydrogens is 228 g/mol. The molecule has 1 fully saturated rings. The molecule has 3 heteroatoms. The van der Waals surface area contributed by atoms with E-state index in [0.29, 0.717) is 6.42 Å². The van der Waals surface area contributed by atoms with Crippen LogP contribution in [-0.4, -0.2) is 17.9 Å². The largest absolute Gasteiger partial charge is 0.461 e. The Hall–Kier alpha value is -1.64. The Morgan fingerprint density at radius 2 is 2.00 bits per heavy atom. The predicted molar refractivity (Wildman–Crippen MR) is 66.7 cm³/mol. The van der Waals surface area contributed by atoms with Crippen molar-refractivity contribution in [1.29, 1.82) is 0 Å². The van der Waals surface area contributed by atoms with E-state index in [2.05, 4.69) is 6.08 Å². The summed E-state index contributed by atoms with van der Waals surface area (Å²) in [7, 11) is 0. The molecule has 0 aromatic heterocycles. The van der Waals surface area contributed by atoms with Crippen LogP contribution in [0.15, 0.2) is 34.4 Å². The molecule has 94 valence electrons. The Morgan fingerprint density at radius 1 is 1.28 bits per heavy atom.